The summed E-state index contributed by atoms with van der Waals surface area (Å²) >= 11 is 18.0. The molecule has 0 aliphatic carbocycles. The largest absolute Gasteiger partial charge is 0.514 e. The van der Waals surface area contributed by atoms with Crippen LogP contribution in [0.15, 0.2) is 91.0 Å². The van der Waals surface area contributed by atoms with Crippen LogP contribution in [-0.2, 0) is 29.1 Å². The molecule has 0 aromatic heterocycles. The normalized spacial score (nSPS) is 12.2. The molecule has 11 heteroatoms. The van der Waals surface area contributed by atoms with Gasteiger partial charge in [-0.1, -0.05) is 77.3 Å². The summed E-state index contributed by atoms with van der Waals surface area (Å²) in [5.74, 6) is -0.0778. The number of ether oxygens (including phenoxy) is 4. The highest BCUT2D eigenvalue weighted by molar-refractivity contribution is 6.31. The van der Waals surface area contributed by atoms with Crippen LogP contribution in [0.5, 0.6) is 11.5 Å². The number of rotatable bonds is 12. The van der Waals surface area contributed by atoms with Crippen LogP contribution in [0, 0.1) is 0 Å². The van der Waals surface area contributed by atoms with Crippen molar-refractivity contribution in [2.75, 3.05) is 6.54 Å². The van der Waals surface area contributed by atoms with E-state index in [1.165, 1.54) is 6.07 Å². The van der Waals surface area contributed by atoms with Gasteiger partial charge in [-0.05, 0) is 84.1 Å². The van der Waals surface area contributed by atoms with Crippen molar-refractivity contribution in [3.05, 3.63) is 128 Å². The monoisotopic (exact) mass is 657 g/mol. The number of halogens is 3. The summed E-state index contributed by atoms with van der Waals surface area (Å²) in [6.07, 6.45) is -2.26. The van der Waals surface area contributed by atoms with Crippen LogP contribution in [0.1, 0.15) is 35.3 Å². The Kier molecular flexibility index (Phi) is 12.3. The van der Waals surface area contributed by atoms with Gasteiger partial charge in [0.05, 0.1) is 6.10 Å². The Hall–Kier alpha value is -3.79. The van der Waals surface area contributed by atoms with Gasteiger partial charge in [0.25, 0.3) is 0 Å². The highest BCUT2D eigenvalue weighted by Crippen LogP contribution is 2.30. The second-order valence-corrected chi connectivity index (χ2v) is 11.2. The van der Waals surface area contributed by atoms with Crippen molar-refractivity contribution in [3.63, 3.8) is 0 Å². The van der Waals surface area contributed by atoms with Crippen molar-refractivity contribution in [2.24, 2.45) is 0 Å². The van der Waals surface area contributed by atoms with Crippen molar-refractivity contribution in [2.45, 2.75) is 38.7 Å². The first-order valence-electron chi connectivity index (χ1n) is 13.6. The number of aliphatic hydroxyl groups is 1. The van der Waals surface area contributed by atoms with Crippen LogP contribution >= 0.6 is 34.8 Å². The number of hydrogen-bond acceptors (Lipinski definition) is 8. The molecule has 44 heavy (non-hydrogen) atoms. The van der Waals surface area contributed by atoms with E-state index in [4.69, 9.17) is 53.8 Å². The average Bonchev–Trinajstić information content (AvgIpc) is 2.99. The van der Waals surface area contributed by atoms with E-state index in [1.54, 1.807) is 84.9 Å². The Bertz CT molecular complexity index is 1580. The quantitative estimate of drug-likeness (QED) is 0.116. The summed E-state index contributed by atoms with van der Waals surface area (Å²) < 4.78 is 21.3. The zero-order valence-corrected chi connectivity index (χ0v) is 25.9. The third kappa shape index (κ3) is 10.7. The third-order valence-corrected chi connectivity index (χ3v) is 7.03. The lowest BCUT2D eigenvalue weighted by atomic mass is 10.1. The molecular formula is C33H30Cl3NO7. The van der Waals surface area contributed by atoms with Crippen molar-refractivity contribution in [1.29, 1.82) is 0 Å². The lowest BCUT2D eigenvalue weighted by Gasteiger charge is -2.18. The van der Waals surface area contributed by atoms with Gasteiger partial charge in [0.1, 0.15) is 13.2 Å². The highest BCUT2D eigenvalue weighted by atomic mass is 35.5. The van der Waals surface area contributed by atoms with Crippen molar-refractivity contribution in [1.82, 2.24) is 5.32 Å². The molecule has 4 aromatic rings. The standard InChI is InChI=1S/C33H30Cl3NO7/c1-21(37-18-29(38)25-7-4-10-28(36)17-25)13-22-11-12-30(43-32(39)41-19-23-5-2-8-26(34)14-23)31(16-22)44-33(40)42-20-24-6-3-9-27(35)15-24/h2-12,14-17,21,29,37-38H,13,18-20H2,1H3. The Morgan fingerprint density at radius 2 is 1.25 bits per heavy atom. The van der Waals surface area contributed by atoms with Crippen LogP contribution in [0.3, 0.4) is 0 Å². The molecule has 0 amide bonds. The predicted molar refractivity (Wildman–Crippen MR) is 169 cm³/mol. The molecule has 2 N–H and O–H groups in total. The van der Waals surface area contributed by atoms with Gasteiger partial charge in [-0.15, -0.1) is 0 Å². The molecule has 0 heterocycles. The van der Waals surface area contributed by atoms with Crippen molar-refractivity contribution >= 4 is 47.1 Å². The molecule has 2 atom stereocenters. The molecule has 0 saturated carbocycles. The molecule has 0 radical (unpaired) electrons. The summed E-state index contributed by atoms with van der Waals surface area (Å²) in [6, 6.07) is 25.5. The lowest BCUT2D eigenvalue weighted by molar-refractivity contribution is 0.0832. The molecule has 2 unspecified atom stereocenters. The van der Waals surface area contributed by atoms with Gasteiger partial charge < -0.3 is 29.4 Å². The molecule has 4 aromatic carbocycles. The number of aliphatic hydroxyl groups excluding tert-OH is 1. The van der Waals surface area contributed by atoms with E-state index in [9.17, 15) is 14.7 Å². The number of benzene rings is 4. The Balaban J connectivity index is 1.41. The summed E-state index contributed by atoms with van der Waals surface area (Å²) in [5, 5.41) is 15.4. The minimum atomic E-state index is -1.00. The number of carbonyl (C=O) groups is 2. The second kappa shape index (κ2) is 16.3. The van der Waals surface area contributed by atoms with E-state index in [2.05, 4.69) is 5.32 Å². The van der Waals surface area contributed by atoms with Gasteiger partial charge in [-0.25, -0.2) is 9.59 Å². The molecule has 8 nitrogen and oxygen atoms in total. The molecule has 0 bridgehead atoms. The Morgan fingerprint density at radius 1 is 0.705 bits per heavy atom. The van der Waals surface area contributed by atoms with Gasteiger partial charge in [-0.2, -0.15) is 0 Å². The minimum Gasteiger partial charge on any atom is -0.429 e. The predicted octanol–water partition coefficient (Wildman–Crippen LogP) is 8.33. The molecule has 4 rings (SSSR count). The summed E-state index contributed by atoms with van der Waals surface area (Å²) in [4.78, 5) is 25.1. The molecule has 0 fully saturated rings. The SMILES string of the molecule is CC(Cc1ccc(OC(=O)OCc2cccc(Cl)c2)c(OC(=O)OCc2cccc(Cl)c2)c1)NCC(O)c1cccc(Cl)c1. The molecular weight excluding hydrogens is 629 g/mol. The maximum Gasteiger partial charge on any atom is 0.514 e. The van der Waals surface area contributed by atoms with Crippen LogP contribution in [-0.4, -0.2) is 30.0 Å². The third-order valence-electron chi connectivity index (χ3n) is 6.32. The minimum absolute atomic E-state index is 0.0375. The second-order valence-electron chi connectivity index (χ2n) is 9.91. The maximum atomic E-state index is 12.6. The maximum absolute atomic E-state index is 12.6. The van der Waals surface area contributed by atoms with E-state index in [0.717, 1.165) is 5.56 Å². The fourth-order valence-electron chi connectivity index (χ4n) is 4.19. The van der Waals surface area contributed by atoms with Gasteiger partial charge in [0, 0.05) is 27.7 Å². The van der Waals surface area contributed by atoms with E-state index in [0.29, 0.717) is 44.7 Å². The van der Waals surface area contributed by atoms with E-state index < -0.39 is 18.4 Å². The Labute approximate surface area is 270 Å². The van der Waals surface area contributed by atoms with Crippen molar-refractivity contribution < 1.29 is 33.6 Å². The highest BCUT2D eigenvalue weighted by Gasteiger charge is 2.18. The summed E-state index contributed by atoms with van der Waals surface area (Å²) in [6.45, 7) is 2.09. The van der Waals surface area contributed by atoms with E-state index in [-0.39, 0.29) is 30.8 Å². The first-order chi connectivity index (χ1) is 21.1. The van der Waals surface area contributed by atoms with Crippen LogP contribution < -0.4 is 14.8 Å². The zero-order valence-electron chi connectivity index (χ0n) is 23.7. The first kappa shape index (κ1) is 33.1. The smallest absolute Gasteiger partial charge is 0.429 e. The van der Waals surface area contributed by atoms with Gasteiger partial charge in [-0.3, -0.25) is 0 Å². The van der Waals surface area contributed by atoms with Crippen LogP contribution in [0.4, 0.5) is 9.59 Å². The number of carbonyl (C=O) groups excluding carboxylic acids is 2. The van der Waals surface area contributed by atoms with Gasteiger partial charge >= 0.3 is 12.3 Å². The average molecular weight is 659 g/mol. The first-order valence-corrected chi connectivity index (χ1v) is 14.8. The fourth-order valence-corrected chi connectivity index (χ4v) is 4.81. The molecule has 0 aliphatic rings. The van der Waals surface area contributed by atoms with Crippen molar-refractivity contribution in [3.8, 4) is 11.5 Å². The zero-order chi connectivity index (χ0) is 31.5. The number of hydrogen-bond donors (Lipinski definition) is 2. The van der Waals surface area contributed by atoms with Crippen LogP contribution in [0.2, 0.25) is 15.1 Å². The van der Waals surface area contributed by atoms with Gasteiger partial charge in [0.2, 0.25) is 0 Å². The van der Waals surface area contributed by atoms with E-state index in [1.807, 2.05) is 6.92 Å². The molecule has 0 spiro atoms. The van der Waals surface area contributed by atoms with Crippen LogP contribution in [0.25, 0.3) is 0 Å². The summed E-state index contributed by atoms with van der Waals surface area (Å²) in [7, 11) is 0. The molecule has 230 valence electrons. The van der Waals surface area contributed by atoms with E-state index >= 15 is 0 Å². The summed E-state index contributed by atoms with van der Waals surface area (Å²) in [5.41, 5.74) is 2.81. The van der Waals surface area contributed by atoms with Gasteiger partial charge in [0.15, 0.2) is 11.5 Å². The number of nitrogens with one attached hydrogen (secondary N) is 1. The topological polar surface area (TPSA) is 103 Å². The lowest BCUT2D eigenvalue weighted by Crippen LogP contribution is -2.32. The fraction of sp³-hybridized carbons (Fsp3) is 0.212. The Morgan fingerprint density at radius 3 is 1.82 bits per heavy atom. The molecule has 0 saturated heterocycles. The molecule has 0 aliphatic heterocycles.